The van der Waals surface area contributed by atoms with Crippen molar-refractivity contribution in [1.82, 2.24) is 9.97 Å². The van der Waals surface area contributed by atoms with Crippen molar-refractivity contribution in [2.24, 2.45) is 0 Å². The first-order valence-electron chi connectivity index (χ1n) is 7.95. The van der Waals surface area contributed by atoms with Crippen LogP contribution in [0.1, 0.15) is 17.5 Å². The van der Waals surface area contributed by atoms with Gasteiger partial charge in [0.25, 0.3) is 0 Å². The van der Waals surface area contributed by atoms with Crippen molar-refractivity contribution in [3.05, 3.63) is 41.6 Å². The standard InChI is InChI=1S/C17H22N4O2S/c1-12-5-4-6-15(13(12)2)19-17-18-9-7-16(20-17)21(3)14-8-10-24(22,23)11-14/h4-7,9,14H,8,10-11H2,1-3H3,(H,18,19,20). The van der Waals surface area contributed by atoms with E-state index in [0.29, 0.717) is 12.4 Å². The van der Waals surface area contributed by atoms with Gasteiger partial charge in [-0.05, 0) is 43.5 Å². The van der Waals surface area contributed by atoms with Gasteiger partial charge in [-0.25, -0.2) is 13.4 Å². The maximum Gasteiger partial charge on any atom is 0.229 e. The third-order valence-electron chi connectivity index (χ3n) is 4.61. The first-order valence-corrected chi connectivity index (χ1v) is 9.77. The van der Waals surface area contributed by atoms with Crippen LogP contribution in [0.4, 0.5) is 17.5 Å². The average molecular weight is 346 g/mol. The van der Waals surface area contributed by atoms with Gasteiger partial charge in [-0.2, -0.15) is 4.98 Å². The Kier molecular flexibility index (Phi) is 4.45. The molecule has 1 aliphatic heterocycles. The van der Waals surface area contributed by atoms with E-state index in [4.69, 9.17) is 0 Å². The maximum absolute atomic E-state index is 11.7. The molecule has 24 heavy (non-hydrogen) atoms. The molecule has 2 heterocycles. The Balaban J connectivity index is 1.80. The Labute approximate surface area is 142 Å². The normalized spacial score (nSPS) is 19.2. The number of nitrogens with one attached hydrogen (secondary N) is 1. The molecule has 1 atom stereocenters. The monoisotopic (exact) mass is 346 g/mol. The van der Waals surface area contributed by atoms with Crippen molar-refractivity contribution in [3.8, 4) is 0 Å². The molecule has 0 saturated carbocycles. The Morgan fingerprint density at radius 3 is 2.75 bits per heavy atom. The van der Waals surface area contributed by atoms with E-state index in [2.05, 4.69) is 35.2 Å². The number of sulfone groups is 1. The number of nitrogens with zero attached hydrogens (tertiary/aromatic N) is 3. The van der Waals surface area contributed by atoms with Crippen molar-refractivity contribution in [2.75, 3.05) is 28.8 Å². The van der Waals surface area contributed by atoms with Gasteiger partial charge in [0.15, 0.2) is 9.84 Å². The zero-order valence-corrected chi connectivity index (χ0v) is 15.0. The van der Waals surface area contributed by atoms with Crippen LogP contribution in [0.25, 0.3) is 0 Å². The molecule has 6 nitrogen and oxygen atoms in total. The molecular weight excluding hydrogens is 324 g/mol. The summed E-state index contributed by atoms with van der Waals surface area (Å²) in [6.45, 7) is 4.11. The van der Waals surface area contributed by atoms with Crippen LogP contribution in [0.2, 0.25) is 0 Å². The predicted molar refractivity (Wildman–Crippen MR) is 96.7 cm³/mol. The summed E-state index contributed by atoms with van der Waals surface area (Å²) < 4.78 is 23.4. The highest BCUT2D eigenvalue weighted by Gasteiger charge is 2.31. The number of rotatable bonds is 4. The van der Waals surface area contributed by atoms with Gasteiger partial charge in [-0.15, -0.1) is 0 Å². The minimum atomic E-state index is -2.92. The van der Waals surface area contributed by atoms with Crippen molar-refractivity contribution < 1.29 is 8.42 Å². The quantitative estimate of drug-likeness (QED) is 0.916. The third-order valence-corrected chi connectivity index (χ3v) is 6.36. The van der Waals surface area contributed by atoms with Crippen molar-refractivity contribution in [1.29, 1.82) is 0 Å². The van der Waals surface area contributed by atoms with E-state index in [9.17, 15) is 8.42 Å². The van der Waals surface area contributed by atoms with E-state index in [-0.39, 0.29) is 17.5 Å². The lowest BCUT2D eigenvalue weighted by Crippen LogP contribution is -2.33. The Bertz CT molecular complexity index is 851. The van der Waals surface area contributed by atoms with Crippen LogP contribution in [0.5, 0.6) is 0 Å². The molecule has 1 aromatic carbocycles. The molecular formula is C17H22N4O2S. The largest absolute Gasteiger partial charge is 0.355 e. The molecule has 0 radical (unpaired) electrons. The lowest BCUT2D eigenvalue weighted by atomic mass is 10.1. The highest BCUT2D eigenvalue weighted by molar-refractivity contribution is 7.91. The number of benzene rings is 1. The fourth-order valence-corrected chi connectivity index (χ4v) is 4.66. The Morgan fingerprint density at radius 1 is 1.25 bits per heavy atom. The summed E-state index contributed by atoms with van der Waals surface area (Å²) >= 11 is 0. The van der Waals surface area contributed by atoms with Gasteiger partial charge >= 0.3 is 0 Å². The maximum atomic E-state index is 11.7. The van der Waals surface area contributed by atoms with Crippen molar-refractivity contribution in [3.63, 3.8) is 0 Å². The van der Waals surface area contributed by atoms with Crippen LogP contribution < -0.4 is 10.2 Å². The summed E-state index contributed by atoms with van der Waals surface area (Å²) in [4.78, 5) is 10.7. The van der Waals surface area contributed by atoms with Gasteiger partial charge < -0.3 is 10.2 Å². The predicted octanol–water partition coefficient (Wildman–Crippen LogP) is 2.46. The SMILES string of the molecule is Cc1cccc(Nc2nccc(N(C)C3CCS(=O)(=O)C3)n2)c1C. The Morgan fingerprint density at radius 2 is 2.04 bits per heavy atom. The number of hydrogen-bond acceptors (Lipinski definition) is 6. The topological polar surface area (TPSA) is 75.2 Å². The third kappa shape index (κ3) is 3.51. The van der Waals surface area contributed by atoms with E-state index in [0.717, 1.165) is 17.1 Å². The van der Waals surface area contributed by atoms with Gasteiger partial charge in [0, 0.05) is 25.0 Å². The van der Waals surface area contributed by atoms with Crippen LogP contribution in [-0.4, -0.2) is 43.0 Å². The molecule has 128 valence electrons. The number of aryl methyl sites for hydroxylation is 1. The van der Waals surface area contributed by atoms with Crippen LogP contribution in [0.3, 0.4) is 0 Å². The second kappa shape index (κ2) is 6.39. The first kappa shape index (κ1) is 16.7. The van der Waals surface area contributed by atoms with Gasteiger partial charge in [-0.3, -0.25) is 0 Å². The van der Waals surface area contributed by atoms with Crippen LogP contribution in [-0.2, 0) is 9.84 Å². The summed E-state index contributed by atoms with van der Waals surface area (Å²) in [5.74, 6) is 1.67. The summed E-state index contributed by atoms with van der Waals surface area (Å²) in [5.41, 5.74) is 3.32. The molecule has 1 aromatic heterocycles. The van der Waals surface area contributed by atoms with Crippen molar-refractivity contribution in [2.45, 2.75) is 26.3 Å². The molecule has 1 aliphatic rings. The molecule has 2 aromatic rings. The highest BCUT2D eigenvalue weighted by atomic mass is 32.2. The van der Waals surface area contributed by atoms with E-state index < -0.39 is 9.84 Å². The van der Waals surface area contributed by atoms with Crippen LogP contribution >= 0.6 is 0 Å². The molecule has 1 unspecified atom stereocenters. The minimum Gasteiger partial charge on any atom is -0.355 e. The molecule has 0 aliphatic carbocycles. The smallest absolute Gasteiger partial charge is 0.229 e. The highest BCUT2D eigenvalue weighted by Crippen LogP contribution is 2.24. The lowest BCUT2D eigenvalue weighted by Gasteiger charge is -2.24. The zero-order chi connectivity index (χ0) is 17.3. The number of aromatic nitrogens is 2. The second-order valence-electron chi connectivity index (χ2n) is 6.28. The van der Waals surface area contributed by atoms with Crippen LogP contribution in [0, 0.1) is 13.8 Å². The van der Waals surface area contributed by atoms with Crippen molar-refractivity contribution >= 4 is 27.3 Å². The van der Waals surface area contributed by atoms with Gasteiger partial charge in [-0.1, -0.05) is 12.1 Å². The molecule has 1 N–H and O–H groups in total. The van der Waals surface area contributed by atoms with Gasteiger partial charge in [0.1, 0.15) is 5.82 Å². The summed E-state index contributed by atoms with van der Waals surface area (Å²) in [6.07, 6.45) is 2.33. The fraction of sp³-hybridized carbons (Fsp3) is 0.412. The van der Waals surface area contributed by atoms with Gasteiger partial charge in [0.05, 0.1) is 11.5 Å². The van der Waals surface area contributed by atoms with E-state index >= 15 is 0 Å². The zero-order valence-electron chi connectivity index (χ0n) is 14.2. The molecule has 1 fully saturated rings. The summed E-state index contributed by atoms with van der Waals surface area (Å²) in [5, 5.41) is 3.25. The molecule has 1 saturated heterocycles. The molecule has 0 bridgehead atoms. The lowest BCUT2D eigenvalue weighted by molar-refractivity contribution is 0.600. The first-order chi connectivity index (χ1) is 11.4. The van der Waals surface area contributed by atoms with E-state index in [1.807, 2.05) is 24.1 Å². The number of anilines is 3. The summed E-state index contributed by atoms with van der Waals surface area (Å²) in [6, 6.07) is 7.82. The average Bonchev–Trinajstić information content (AvgIpc) is 2.91. The van der Waals surface area contributed by atoms with E-state index in [1.165, 1.54) is 5.56 Å². The second-order valence-corrected chi connectivity index (χ2v) is 8.51. The Hall–Kier alpha value is -2.15. The van der Waals surface area contributed by atoms with Gasteiger partial charge in [0.2, 0.25) is 5.95 Å². The minimum absolute atomic E-state index is 0.0292. The molecule has 0 spiro atoms. The number of hydrogen-bond donors (Lipinski definition) is 1. The molecule has 0 amide bonds. The molecule has 3 rings (SSSR count). The van der Waals surface area contributed by atoms with E-state index in [1.54, 1.807) is 12.3 Å². The molecule has 7 heteroatoms. The van der Waals surface area contributed by atoms with Crippen LogP contribution in [0.15, 0.2) is 30.5 Å². The summed E-state index contributed by atoms with van der Waals surface area (Å²) in [7, 11) is -1.03. The fourth-order valence-electron chi connectivity index (χ4n) is 2.88.